The van der Waals surface area contributed by atoms with E-state index in [4.69, 9.17) is 19.2 Å². The third-order valence-corrected chi connectivity index (χ3v) is 4.24. The minimum atomic E-state index is -0.357. The number of carbonyl (C=O) groups excluding carboxylic acids is 1. The number of ether oxygens (including phenoxy) is 2. The fourth-order valence-electron chi connectivity index (χ4n) is 2.92. The molecule has 0 amide bonds. The van der Waals surface area contributed by atoms with Gasteiger partial charge in [0.05, 0.1) is 37.2 Å². The SMILES string of the molecule is CCOC(=O)c1cc(OC)ccc1CCc1occ2cc(C#N)ccc12. The number of aryl methyl sites for hydroxylation is 2. The molecule has 3 rings (SSSR count). The van der Waals surface area contributed by atoms with Crippen LogP contribution in [0.2, 0.25) is 0 Å². The zero-order valence-corrected chi connectivity index (χ0v) is 14.7. The zero-order chi connectivity index (χ0) is 18.5. The maximum atomic E-state index is 12.2. The van der Waals surface area contributed by atoms with E-state index >= 15 is 0 Å². The Bertz CT molecular complexity index is 981. The molecule has 0 N–H and O–H groups in total. The Labute approximate surface area is 151 Å². The second-order valence-electron chi connectivity index (χ2n) is 5.82. The van der Waals surface area contributed by atoms with E-state index in [0.717, 1.165) is 22.1 Å². The van der Waals surface area contributed by atoms with Crippen molar-refractivity contribution in [3.05, 3.63) is 65.1 Å². The van der Waals surface area contributed by atoms with Crippen molar-refractivity contribution < 1.29 is 18.7 Å². The van der Waals surface area contributed by atoms with E-state index in [-0.39, 0.29) is 5.97 Å². The topological polar surface area (TPSA) is 72.5 Å². The van der Waals surface area contributed by atoms with Crippen molar-refractivity contribution in [1.82, 2.24) is 0 Å². The maximum absolute atomic E-state index is 12.2. The molecule has 132 valence electrons. The second kappa shape index (κ2) is 7.75. The summed E-state index contributed by atoms with van der Waals surface area (Å²) in [4.78, 5) is 12.2. The minimum Gasteiger partial charge on any atom is -0.497 e. The van der Waals surface area contributed by atoms with Gasteiger partial charge < -0.3 is 13.9 Å². The van der Waals surface area contributed by atoms with Gasteiger partial charge in [-0.1, -0.05) is 6.07 Å². The van der Waals surface area contributed by atoms with Crippen LogP contribution in [0.25, 0.3) is 10.8 Å². The lowest BCUT2D eigenvalue weighted by molar-refractivity contribution is 0.0524. The minimum absolute atomic E-state index is 0.319. The number of hydrogen-bond donors (Lipinski definition) is 0. The normalized spacial score (nSPS) is 10.5. The Morgan fingerprint density at radius 3 is 2.77 bits per heavy atom. The number of furan rings is 1. The first kappa shape index (κ1) is 17.6. The van der Waals surface area contributed by atoms with Crippen molar-refractivity contribution in [3.63, 3.8) is 0 Å². The molecule has 0 unspecified atom stereocenters. The van der Waals surface area contributed by atoms with Crippen LogP contribution < -0.4 is 4.74 Å². The Balaban J connectivity index is 1.85. The fourth-order valence-corrected chi connectivity index (χ4v) is 2.92. The highest BCUT2D eigenvalue weighted by Gasteiger charge is 2.15. The predicted molar refractivity (Wildman–Crippen MR) is 97.3 cm³/mol. The molecule has 5 heteroatoms. The van der Waals surface area contributed by atoms with Crippen molar-refractivity contribution in [3.8, 4) is 11.8 Å². The molecule has 0 fully saturated rings. The quantitative estimate of drug-likeness (QED) is 0.621. The average molecular weight is 349 g/mol. The predicted octanol–water partition coefficient (Wildman–Crippen LogP) is 4.27. The average Bonchev–Trinajstić information content (AvgIpc) is 3.08. The number of fused-ring (bicyclic) bond motifs is 1. The molecule has 0 spiro atoms. The van der Waals surface area contributed by atoms with Gasteiger partial charge in [-0.15, -0.1) is 0 Å². The van der Waals surface area contributed by atoms with Gasteiger partial charge >= 0.3 is 5.97 Å². The largest absolute Gasteiger partial charge is 0.497 e. The molecule has 26 heavy (non-hydrogen) atoms. The van der Waals surface area contributed by atoms with Crippen LogP contribution in [-0.2, 0) is 17.6 Å². The van der Waals surface area contributed by atoms with Crippen molar-refractivity contribution >= 4 is 16.7 Å². The lowest BCUT2D eigenvalue weighted by atomic mass is 10.0. The summed E-state index contributed by atoms with van der Waals surface area (Å²) in [5.74, 6) is 1.09. The molecule has 1 heterocycles. The molecule has 0 aliphatic carbocycles. The molecule has 3 aromatic rings. The number of rotatable bonds is 6. The van der Waals surface area contributed by atoms with Crippen molar-refractivity contribution in [2.45, 2.75) is 19.8 Å². The summed E-state index contributed by atoms with van der Waals surface area (Å²) in [7, 11) is 1.56. The Morgan fingerprint density at radius 1 is 1.19 bits per heavy atom. The van der Waals surface area contributed by atoms with Crippen molar-refractivity contribution in [2.75, 3.05) is 13.7 Å². The van der Waals surface area contributed by atoms with Gasteiger partial charge in [-0.25, -0.2) is 4.79 Å². The van der Waals surface area contributed by atoms with Crippen LogP contribution in [-0.4, -0.2) is 19.7 Å². The lowest BCUT2D eigenvalue weighted by Gasteiger charge is -2.10. The van der Waals surface area contributed by atoms with Gasteiger partial charge in [-0.3, -0.25) is 0 Å². The second-order valence-corrected chi connectivity index (χ2v) is 5.82. The number of esters is 1. The summed E-state index contributed by atoms with van der Waals surface area (Å²) in [6.07, 6.45) is 2.92. The summed E-state index contributed by atoms with van der Waals surface area (Å²) in [6, 6.07) is 13.0. The molecular formula is C21H19NO4. The van der Waals surface area contributed by atoms with Crippen molar-refractivity contribution in [2.24, 2.45) is 0 Å². The molecule has 5 nitrogen and oxygen atoms in total. The van der Waals surface area contributed by atoms with Gasteiger partial charge in [0, 0.05) is 17.2 Å². The number of nitrogens with zero attached hydrogens (tertiary/aromatic N) is 1. The number of benzene rings is 2. The summed E-state index contributed by atoms with van der Waals surface area (Å²) >= 11 is 0. The summed E-state index contributed by atoms with van der Waals surface area (Å²) in [6.45, 7) is 2.10. The Morgan fingerprint density at radius 2 is 2.04 bits per heavy atom. The molecule has 0 aliphatic rings. The first-order valence-corrected chi connectivity index (χ1v) is 8.40. The monoisotopic (exact) mass is 349 g/mol. The van der Waals surface area contributed by atoms with Gasteiger partial charge in [0.25, 0.3) is 0 Å². The van der Waals surface area contributed by atoms with Gasteiger partial charge in [0.2, 0.25) is 0 Å². The fraction of sp³-hybridized carbons (Fsp3) is 0.238. The Hall–Kier alpha value is -3.26. The van der Waals surface area contributed by atoms with E-state index in [9.17, 15) is 4.79 Å². The van der Waals surface area contributed by atoms with Gasteiger partial charge in [-0.2, -0.15) is 5.26 Å². The molecular weight excluding hydrogens is 330 g/mol. The van der Waals surface area contributed by atoms with Crippen LogP contribution in [0, 0.1) is 11.3 Å². The van der Waals surface area contributed by atoms with E-state index in [0.29, 0.717) is 36.3 Å². The van der Waals surface area contributed by atoms with Crippen LogP contribution >= 0.6 is 0 Å². The summed E-state index contributed by atoms with van der Waals surface area (Å²) in [5.41, 5.74) is 1.99. The molecule has 0 bridgehead atoms. The van der Waals surface area contributed by atoms with Gasteiger partial charge in [0.1, 0.15) is 11.5 Å². The third-order valence-electron chi connectivity index (χ3n) is 4.24. The van der Waals surface area contributed by atoms with E-state index in [2.05, 4.69) is 6.07 Å². The van der Waals surface area contributed by atoms with Crippen LogP contribution in [0.15, 0.2) is 47.1 Å². The number of carbonyl (C=O) groups is 1. The van der Waals surface area contributed by atoms with Crippen LogP contribution in [0.3, 0.4) is 0 Å². The first-order chi connectivity index (χ1) is 12.7. The molecule has 0 atom stereocenters. The maximum Gasteiger partial charge on any atom is 0.338 e. The van der Waals surface area contributed by atoms with Crippen LogP contribution in [0.4, 0.5) is 0 Å². The van der Waals surface area contributed by atoms with E-state index in [1.165, 1.54) is 0 Å². The highest BCUT2D eigenvalue weighted by Crippen LogP contribution is 2.25. The van der Waals surface area contributed by atoms with E-state index < -0.39 is 0 Å². The van der Waals surface area contributed by atoms with Crippen LogP contribution in [0.1, 0.15) is 34.2 Å². The number of methoxy groups -OCH3 is 1. The zero-order valence-electron chi connectivity index (χ0n) is 14.7. The first-order valence-electron chi connectivity index (χ1n) is 8.40. The molecule has 1 aromatic heterocycles. The third kappa shape index (κ3) is 3.55. The molecule has 0 radical (unpaired) electrons. The highest BCUT2D eigenvalue weighted by molar-refractivity contribution is 5.91. The van der Waals surface area contributed by atoms with Gasteiger partial charge in [0.15, 0.2) is 0 Å². The van der Waals surface area contributed by atoms with Gasteiger partial charge in [-0.05, 0) is 49.2 Å². The smallest absolute Gasteiger partial charge is 0.338 e. The molecule has 2 aromatic carbocycles. The molecule has 0 saturated heterocycles. The van der Waals surface area contributed by atoms with Crippen LogP contribution in [0.5, 0.6) is 5.75 Å². The molecule has 0 saturated carbocycles. The van der Waals surface area contributed by atoms with Crippen molar-refractivity contribution in [1.29, 1.82) is 5.26 Å². The standard InChI is InChI=1S/C21H19NO4/c1-3-25-21(23)19-11-17(24-2)7-5-15(19)6-9-20-18-8-4-14(12-22)10-16(18)13-26-20/h4-5,7-8,10-11,13H,3,6,9H2,1-2H3. The molecule has 0 aliphatic heterocycles. The Kier molecular flexibility index (Phi) is 5.23. The van der Waals surface area contributed by atoms with E-state index in [1.807, 2.05) is 18.2 Å². The highest BCUT2D eigenvalue weighted by atomic mass is 16.5. The summed E-state index contributed by atoms with van der Waals surface area (Å²) < 4.78 is 16.0. The number of hydrogen-bond acceptors (Lipinski definition) is 5. The number of nitriles is 1. The van der Waals surface area contributed by atoms with E-state index in [1.54, 1.807) is 38.5 Å². The lowest BCUT2D eigenvalue weighted by Crippen LogP contribution is -2.09. The summed E-state index contributed by atoms with van der Waals surface area (Å²) in [5, 5.41) is 10.9.